The summed E-state index contributed by atoms with van der Waals surface area (Å²) in [5.41, 5.74) is 5.78. The van der Waals surface area contributed by atoms with Gasteiger partial charge in [-0.3, -0.25) is 0 Å². The highest BCUT2D eigenvalue weighted by atomic mass is 16.5. The summed E-state index contributed by atoms with van der Waals surface area (Å²) in [4.78, 5) is 0. The van der Waals surface area contributed by atoms with Gasteiger partial charge in [-0.15, -0.1) is 0 Å². The maximum Gasteiger partial charge on any atom is 0.130 e. The van der Waals surface area contributed by atoms with Gasteiger partial charge in [0.25, 0.3) is 0 Å². The van der Waals surface area contributed by atoms with Crippen LogP contribution in [0.1, 0.15) is 174 Å². The van der Waals surface area contributed by atoms with E-state index in [9.17, 15) is 0 Å². The van der Waals surface area contributed by atoms with Gasteiger partial charge in [-0.25, -0.2) is 0 Å². The molecule has 0 amide bonds. The molecular weight excluding hydrogens is 492 g/mol. The molecule has 2 N–H and O–H groups in total. The van der Waals surface area contributed by atoms with Crippen LogP contribution in [-0.2, 0) is 9.47 Å². The lowest BCUT2D eigenvalue weighted by Crippen LogP contribution is -2.48. The molecule has 0 saturated carbocycles. The quantitative estimate of drug-likeness (QED) is 0.0619. The fourth-order valence-corrected chi connectivity index (χ4v) is 5.77. The van der Waals surface area contributed by atoms with Crippen LogP contribution in [0.25, 0.3) is 0 Å². The van der Waals surface area contributed by atoms with Gasteiger partial charge in [0.2, 0.25) is 0 Å². The second-order valence-electron chi connectivity index (χ2n) is 13.3. The summed E-state index contributed by atoms with van der Waals surface area (Å²) >= 11 is 0. The molecule has 1 atom stereocenters. The minimum absolute atomic E-state index is 0.192. The minimum Gasteiger partial charge on any atom is -0.379 e. The first-order valence-electron chi connectivity index (χ1n) is 18.3. The van der Waals surface area contributed by atoms with Crippen molar-refractivity contribution in [3.8, 4) is 0 Å². The number of hydrogen-bond donors (Lipinski definition) is 1. The summed E-state index contributed by atoms with van der Waals surface area (Å²) in [6, 6.07) is 0. The highest BCUT2D eigenvalue weighted by molar-refractivity contribution is 4.58. The molecule has 0 aromatic heterocycles. The Bertz CT molecular complexity index is 472. The highest BCUT2D eigenvalue weighted by Crippen LogP contribution is 2.14. The van der Waals surface area contributed by atoms with E-state index < -0.39 is 0 Å². The van der Waals surface area contributed by atoms with Crippen molar-refractivity contribution in [2.45, 2.75) is 180 Å². The standard InChI is InChI=1S/C36H77N2O2/c1-5-7-9-11-13-15-17-19-21-23-25-27-32-39-35-36(34-38(3,4)31-29-30-37)40-33-28-26-24-22-20-18-16-14-12-10-8-6-2/h36H,5-35,37H2,1-4H3/q+1. The van der Waals surface area contributed by atoms with E-state index in [1.165, 1.54) is 154 Å². The zero-order chi connectivity index (χ0) is 29.4. The van der Waals surface area contributed by atoms with Crippen LogP contribution in [0.5, 0.6) is 0 Å². The average Bonchev–Trinajstić information content (AvgIpc) is 2.94. The molecule has 0 aliphatic carbocycles. The Hall–Kier alpha value is -0.160. The lowest BCUT2D eigenvalue weighted by molar-refractivity contribution is -0.893. The first-order valence-corrected chi connectivity index (χ1v) is 18.3. The Morgan fingerprint density at radius 2 is 0.875 bits per heavy atom. The molecule has 0 saturated heterocycles. The summed E-state index contributed by atoms with van der Waals surface area (Å²) in [6.07, 6.45) is 34.5. The van der Waals surface area contributed by atoms with Crippen LogP contribution < -0.4 is 5.73 Å². The third kappa shape index (κ3) is 30.8. The van der Waals surface area contributed by atoms with Gasteiger partial charge >= 0.3 is 0 Å². The van der Waals surface area contributed by atoms with Crippen molar-refractivity contribution in [2.24, 2.45) is 5.73 Å². The molecule has 0 aromatic rings. The summed E-state index contributed by atoms with van der Waals surface area (Å²) in [5, 5.41) is 0. The van der Waals surface area contributed by atoms with E-state index in [0.29, 0.717) is 0 Å². The average molecular weight is 570 g/mol. The Morgan fingerprint density at radius 1 is 0.500 bits per heavy atom. The van der Waals surface area contributed by atoms with Crippen LogP contribution in [0.4, 0.5) is 0 Å². The lowest BCUT2D eigenvalue weighted by atomic mass is 10.1. The molecule has 242 valence electrons. The number of nitrogens with zero attached hydrogens (tertiary/aromatic N) is 1. The van der Waals surface area contributed by atoms with Gasteiger partial charge in [-0.05, 0) is 19.4 Å². The second kappa shape index (κ2) is 31.8. The van der Waals surface area contributed by atoms with Crippen molar-refractivity contribution >= 4 is 0 Å². The van der Waals surface area contributed by atoms with Crippen LogP contribution >= 0.6 is 0 Å². The number of quaternary nitrogens is 1. The number of nitrogens with two attached hydrogens (primary N) is 1. The maximum atomic E-state index is 6.39. The predicted octanol–water partition coefficient (Wildman–Crippen LogP) is 10.2. The van der Waals surface area contributed by atoms with Crippen molar-refractivity contribution in [2.75, 3.05) is 53.6 Å². The Labute approximate surface area is 253 Å². The molecule has 0 aliphatic heterocycles. The molecule has 0 rings (SSSR count). The maximum absolute atomic E-state index is 6.39. The van der Waals surface area contributed by atoms with Crippen LogP contribution in [0.3, 0.4) is 0 Å². The van der Waals surface area contributed by atoms with Gasteiger partial charge in [-0.1, -0.05) is 155 Å². The Kier molecular flexibility index (Phi) is 31.6. The topological polar surface area (TPSA) is 44.5 Å². The normalized spacial score (nSPS) is 12.8. The number of unbranched alkanes of at least 4 members (excludes halogenated alkanes) is 22. The fourth-order valence-electron chi connectivity index (χ4n) is 5.77. The van der Waals surface area contributed by atoms with E-state index >= 15 is 0 Å². The fraction of sp³-hybridized carbons (Fsp3) is 1.00. The van der Waals surface area contributed by atoms with E-state index in [1.54, 1.807) is 0 Å². The predicted molar refractivity (Wildman–Crippen MR) is 178 cm³/mol. The van der Waals surface area contributed by atoms with E-state index in [1.807, 2.05) is 0 Å². The van der Waals surface area contributed by atoms with Crippen molar-refractivity contribution in [3.05, 3.63) is 0 Å². The van der Waals surface area contributed by atoms with E-state index in [0.717, 1.165) is 50.4 Å². The second-order valence-corrected chi connectivity index (χ2v) is 13.3. The van der Waals surface area contributed by atoms with Crippen molar-refractivity contribution in [3.63, 3.8) is 0 Å². The molecule has 4 heteroatoms. The first kappa shape index (κ1) is 39.8. The third-order valence-electron chi connectivity index (χ3n) is 8.46. The van der Waals surface area contributed by atoms with Gasteiger partial charge in [0.1, 0.15) is 12.6 Å². The smallest absolute Gasteiger partial charge is 0.130 e. The molecule has 0 fully saturated rings. The summed E-state index contributed by atoms with van der Waals surface area (Å²) in [7, 11) is 4.61. The van der Waals surface area contributed by atoms with Gasteiger partial charge < -0.3 is 19.7 Å². The SMILES string of the molecule is CCCCCCCCCCCCCCOCC(C[N+](C)(C)CCCN)OCCCCCCCCCCCCCC. The first-order chi connectivity index (χ1) is 19.6. The largest absolute Gasteiger partial charge is 0.379 e. The minimum atomic E-state index is 0.192. The lowest BCUT2D eigenvalue weighted by Gasteiger charge is -2.33. The molecule has 0 radical (unpaired) electrons. The summed E-state index contributed by atoms with van der Waals surface area (Å²) < 4.78 is 13.5. The zero-order valence-corrected chi connectivity index (χ0v) is 28.3. The molecule has 4 nitrogen and oxygen atoms in total. The van der Waals surface area contributed by atoms with Gasteiger partial charge in [0.15, 0.2) is 0 Å². The summed E-state index contributed by atoms with van der Waals surface area (Å²) in [5.74, 6) is 0. The van der Waals surface area contributed by atoms with Crippen molar-refractivity contribution in [1.82, 2.24) is 0 Å². The number of likely N-dealkylation sites (N-methyl/N-ethyl adjacent to an activating group) is 1. The van der Waals surface area contributed by atoms with Crippen LogP contribution in [0.15, 0.2) is 0 Å². The van der Waals surface area contributed by atoms with E-state index in [2.05, 4.69) is 27.9 Å². The van der Waals surface area contributed by atoms with Gasteiger partial charge in [0.05, 0.1) is 27.2 Å². The van der Waals surface area contributed by atoms with Crippen molar-refractivity contribution < 1.29 is 14.0 Å². The molecule has 0 spiro atoms. The molecule has 0 aliphatic rings. The van der Waals surface area contributed by atoms with Crippen LogP contribution in [0.2, 0.25) is 0 Å². The molecule has 0 aromatic carbocycles. The van der Waals surface area contributed by atoms with Crippen LogP contribution in [-0.4, -0.2) is 64.1 Å². The molecule has 0 bridgehead atoms. The molecular formula is C36H77N2O2+. The third-order valence-corrected chi connectivity index (χ3v) is 8.46. The zero-order valence-electron chi connectivity index (χ0n) is 28.3. The summed E-state index contributed by atoms with van der Waals surface area (Å²) in [6.45, 7) is 9.96. The van der Waals surface area contributed by atoms with Gasteiger partial charge in [0, 0.05) is 19.6 Å². The van der Waals surface area contributed by atoms with Crippen molar-refractivity contribution in [1.29, 1.82) is 0 Å². The van der Waals surface area contributed by atoms with Gasteiger partial charge in [-0.2, -0.15) is 0 Å². The number of hydrogen-bond acceptors (Lipinski definition) is 3. The number of ether oxygens (including phenoxy) is 2. The Morgan fingerprint density at radius 3 is 1.27 bits per heavy atom. The molecule has 1 unspecified atom stereocenters. The monoisotopic (exact) mass is 570 g/mol. The van der Waals surface area contributed by atoms with E-state index in [-0.39, 0.29) is 6.10 Å². The number of rotatable bonds is 34. The van der Waals surface area contributed by atoms with E-state index in [4.69, 9.17) is 15.2 Å². The molecule has 40 heavy (non-hydrogen) atoms. The Balaban J connectivity index is 3.89. The highest BCUT2D eigenvalue weighted by Gasteiger charge is 2.22. The molecule has 0 heterocycles. The van der Waals surface area contributed by atoms with Crippen LogP contribution in [0, 0.1) is 0 Å².